The van der Waals surface area contributed by atoms with E-state index in [0.29, 0.717) is 23.0 Å². The number of rotatable bonds is 4. The van der Waals surface area contributed by atoms with E-state index in [1.54, 1.807) is 12.4 Å². The van der Waals surface area contributed by atoms with Gasteiger partial charge in [-0.25, -0.2) is 15.8 Å². The number of fused-ring (bicyclic) bond motifs is 2. The fraction of sp³-hybridized carbons (Fsp3) is 0.118. The lowest BCUT2D eigenvalue weighted by Crippen LogP contribution is -2.26. The highest BCUT2D eigenvalue weighted by Gasteiger charge is 2.13. The van der Waals surface area contributed by atoms with Crippen LogP contribution in [0.4, 0.5) is 0 Å². The summed E-state index contributed by atoms with van der Waals surface area (Å²) in [5.74, 6) is 2.85. The van der Waals surface area contributed by atoms with Gasteiger partial charge in [0.15, 0.2) is 23.0 Å². The monoisotopic (exact) mass is 417 g/mol. The maximum Gasteiger partial charge on any atom is 0.472 e. The molecule has 0 bridgehead atoms. The molecule has 156 valence electrons. The van der Waals surface area contributed by atoms with Gasteiger partial charge in [-0.2, -0.15) is 10.2 Å². The lowest BCUT2D eigenvalue weighted by Gasteiger charge is -1.98. The minimum Gasteiger partial charge on any atom is -0.454 e. The quantitative estimate of drug-likeness (QED) is 0.321. The molecular formula is C17H17N6O7+. The highest BCUT2D eigenvalue weighted by atomic mass is 16.9. The molecule has 30 heavy (non-hydrogen) atoms. The maximum atomic E-state index is 8.47. The normalized spacial score (nSPS) is 13.9. The number of guanidine groups is 1. The molecule has 13 nitrogen and oxygen atoms in total. The van der Waals surface area contributed by atoms with Crippen LogP contribution in [0.25, 0.3) is 0 Å². The van der Waals surface area contributed by atoms with E-state index >= 15 is 0 Å². The standard InChI is InChI=1S/C17H15N5O4.H2NO3/c18-17(21-19-7-11-1-3-13-15(5-11)25-9-23-13)22-20-8-12-2-4-14-16(6-12)26-10-24-14;2-1(3)4/h1-8H,9-10H2,(H3,18,21,22);(H2,2,3,4)/q;+1/b19-7+,20-8+;. The highest BCUT2D eigenvalue weighted by molar-refractivity contribution is 5.85. The van der Waals surface area contributed by atoms with Crippen LogP contribution < -0.4 is 30.1 Å². The number of nitrogens with one attached hydrogen (secondary N) is 1. The van der Waals surface area contributed by atoms with Crippen molar-refractivity contribution in [2.24, 2.45) is 21.0 Å². The van der Waals surface area contributed by atoms with Crippen LogP contribution in [0.2, 0.25) is 0 Å². The van der Waals surface area contributed by atoms with E-state index in [4.69, 9.17) is 40.0 Å². The maximum absolute atomic E-state index is 8.47. The largest absolute Gasteiger partial charge is 0.472 e. The van der Waals surface area contributed by atoms with Gasteiger partial charge in [0.1, 0.15) is 4.91 Å². The van der Waals surface area contributed by atoms with E-state index in [2.05, 4.69) is 20.7 Å². The van der Waals surface area contributed by atoms with Crippen LogP contribution in [0.15, 0.2) is 51.7 Å². The van der Waals surface area contributed by atoms with Gasteiger partial charge in [-0.15, -0.1) is 5.10 Å². The van der Waals surface area contributed by atoms with E-state index in [0.717, 1.165) is 11.1 Å². The Kier molecular flexibility index (Phi) is 6.45. The summed E-state index contributed by atoms with van der Waals surface area (Å²) >= 11 is 0. The summed E-state index contributed by atoms with van der Waals surface area (Å²) in [6.07, 6.45) is 3.14. The van der Waals surface area contributed by atoms with Crippen molar-refractivity contribution in [3.63, 3.8) is 0 Å². The number of hydrogen-bond acceptors (Lipinski definition) is 8. The summed E-state index contributed by atoms with van der Waals surface area (Å²) in [6, 6.07) is 10.9. The zero-order valence-corrected chi connectivity index (χ0v) is 15.3. The van der Waals surface area contributed by atoms with Crippen LogP contribution in [0.3, 0.4) is 0 Å². The molecular weight excluding hydrogens is 400 g/mol. The molecule has 2 aliphatic heterocycles. The zero-order chi connectivity index (χ0) is 21.3. The van der Waals surface area contributed by atoms with Gasteiger partial charge in [0, 0.05) is 0 Å². The Balaban J connectivity index is 0.000000589. The van der Waals surface area contributed by atoms with Gasteiger partial charge in [0.2, 0.25) is 19.5 Å². The van der Waals surface area contributed by atoms with Crippen molar-refractivity contribution in [2.45, 2.75) is 0 Å². The van der Waals surface area contributed by atoms with Crippen LogP contribution >= 0.6 is 0 Å². The second-order valence-corrected chi connectivity index (χ2v) is 5.58. The van der Waals surface area contributed by atoms with Crippen molar-refractivity contribution < 1.29 is 34.4 Å². The molecule has 13 heteroatoms. The number of hydrazone groups is 1. The first-order valence-electron chi connectivity index (χ1n) is 8.31. The Bertz CT molecular complexity index is 1000. The molecule has 0 spiro atoms. The summed E-state index contributed by atoms with van der Waals surface area (Å²) < 4.78 is 21.1. The molecule has 5 N–H and O–H groups in total. The number of nitrogens with two attached hydrogens (primary N) is 1. The fourth-order valence-corrected chi connectivity index (χ4v) is 2.34. The van der Waals surface area contributed by atoms with E-state index in [-0.39, 0.29) is 19.5 Å². The average molecular weight is 417 g/mol. The Morgan fingerprint density at radius 2 is 1.43 bits per heavy atom. The molecule has 2 heterocycles. The molecule has 2 aliphatic rings. The molecule has 0 unspecified atom stereocenters. The summed E-state index contributed by atoms with van der Waals surface area (Å²) in [7, 11) is 0. The molecule has 0 atom stereocenters. The van der Waals surface area contributed by atoms with Gasteiger partial charge < -0.3 is 24.7 Å². The first kappa shape index (κ1) is 20.2. The number of ether oxygens (including phenoxy) is 4. The van der Waals surface area contributed by atoms with E-state index < -0.39 is 5.09 Å². The molecule has 2 aromatic rings. The van der Waals surface area contributed by atoms with Crippen LogP contribution in [-0.2, 0) is 0 Å². The fourth-order valence-electron chi connectivity index (χ4n) is 2.34. The number of benzene rings is 2. The van der Waals surface area contributed by atoms with Gasteiger partial charge in [-0.1, -0.05) is 0 Å². The molecule has 0 amide bonds. The molecule has 0 aliphatic carbocycles. The molecule has 4 rings (SSSR count). The van der Waals surface area contributed by atoms with Gasteiger partial charge in [-0.05, 0) is 47.5 Å². The van der Waals surface area contributed by atoms with Gasteiger partial charge >= 0.3 is 5.09 Å². The lowest BCUT2D eigenvalue weighted by atomic mass is 10.2. The van der Waals surface area contributed by atoms with E-state index in [1.807, 2.05) is 36.4 Å². The second-order valence-electron chi connectivity index (χ2n) is 5.58. The average Bonchev–Trinajstić information content (AvgIpc) is 3.36. The smallest absolute Gasteiger partial charge is 0.454 e. The van der Waals surface area contributed by atoms with Crippen LogP contribution in [0.1, 0.15) is 11.1 Å². The Hall–Kier alpha value is -4.55. The summed E-state index contributed by atoms with van der Waals surface area (Å²) in [5.41, 5.74) is 9.94. The Labute approximate surface area is 169 Å². The van der Waals surface area contributed by atoms with E-state index in [1.165, 1.54) is 0 Å². The number of hydrogen-bond donors (Lipinski definition) is 4. The molecule has 0 saturated heterocycles. The van der Waals surface area contributed by atoms with E-state index in [9.17, 15) is 0 Å². The molecule has 0 saturated carbocycles. The minimum absolute atomic E-state index is 0.0546. The first-order valence-corrected chi connectivity index (χ1v) is 8.31. The summed E-state index contributed by atoms with van der Waals surface area (Å²) in [6.45, 7) is 0.460. The molecule has 0 aromatic heterocycles. The van der Waals surface area contributed by atoms with Gasteiger partial charge in [0.05, 0.1) is 12.4 Å². The number of nitrogens with zero attached hydrogens (tertiary/aromatic N) is 4. The third kappa shape index (κ3) is 5.72. The van der Waals surface area contributed by atoms with Crippen molar-refractivity contribution in [2.75, 3.05) is 13.6 Å². The van der Waals surface area contributed by atoms with Gasteiger partial charge in [0.25, 0.3) is 0 Å². The lowest BCUT2D eigenvalue weighted by molar-refractivity contribution is -0.969. The molecule has 2 aromatic carbocycles. The van der Waals surface area contributed by atoms with Crippen molar-refractivity contribution in [3.05, 3.63) is 52.4 Å². The predicted octanol–water partition coefficient (Wildman–Crippen LogP) is 0.960. The third-order valence-corrected chi connectivity index (χ3v) is 3.56. The first-order chi connectivity index (χ1) is 14.5. The minimum atomic E-state index is -1.25. The molecule has 0 fully saturated rings. The van der Waals surface area contributed by atoms with Crippen molar-refractivity contribution in [3.8, 4) is 23.0 Å². The Morgan fingerprint density at radius 1 is 0.933 bits per heavy atom. The van der Waals surface area contributed by atoms with Gasteiger partial charge in [-0.3, -0.25) is 0 Å². The third-order valence-electron chi connectivity index (χ3n) is 3.56. The van der Waals surface area contributed by atoms with Crippen LogP contribution in [-0.4, -0.2) is 47.5 Å². The SMILES string of the molecule is N/C(=N\N=C\c1ccc2c(c1)OCO2)N/N=C/c1ccc2c(c1)OCO2.O=[N+](O)O. The summed E-state index contributed by atoms with van der Waals surface area (Å²) in [5, 5.41) is 24.3. The Morgan fingerprint density at radius 3 is 2.00 bits per heavy atom. The molecule has 0 radical (unpaired) electrons. The summed E-state index contributed by atoms with van der Waals surface area (Å²) in [4.78, 5) is 8.47. The van der Waals surface area contributed by atoms with Crippen molar-refractivity contribution >= 4 is 18.4 Å². The predicted molar refractivity (Wildman–Crippen MR) is 102 cm³/mol. The zero-order valence-electron chi connectivity index (χ0n) is 15.3. The van der Waals surface area contributed by atoms with Crippen LogP contribution in [0, 0.1) is 4.91 Å². The van der Waals surface area contributed by atoms with Crippen molar-refractivity contribution in [1.29, 1.82) is 0 Å². The second kappa shape index (κ2) is 9.59. The topological polar surface area (TPSA) is 173 Å². The van der Waals surface area contributed by atoms with Crippen molar-refractivity contribution in [1.82, 2.24) is 5.43 Å². The highest BCUT2D eigenvalue weighted by Crippen LogP contribution is 2.32. The van der Waals surface area contributed by atoms with Crippen LogP contribution in [0.5, 0.6) is 23.0 Å².